The first-order chi connectivity index (χ1) is 27.1. The lowest BCUT2D eigenvalue weighted by molar-refractivity contribution is 0.590. The number of fused-ring (bicyclic) bond motifs is 7. The average molecular weight is 717 g/mol. The van der Waals surface area contributed by atoms with Gasteiger partial charge < -0.3 is 0 Å². The van der Waals surface area contributed by atoms with Crippen molar-refractivity contribution in [2.24, 2.45) is 0 Å². The summed E-state index contributed by atoms with van der Waals surface area (Å²) in [6.07, 6.45) is 0. The van der Waals surface area contributed by atoms with Crippen molar-refractivity contribution in [1.29, 1.82) is 0 Å². The van der Waals surface area contributed by atoms with E-state index in [1.807, 2.05) is 0 Å². The highest BCUT2D eigenvalue weighted by Crippen LogP contribution is 2.59. The Bertz CT molecular complexity index is 3020. The van der Waals surface area contributed by atoms with Gasteiger partial charge in [0.05, 0.1) is 0 Å². The highest BCUT2D eigenvalue weighted by molar-refractivity contribution is 6.30. The molecule has 9 aromatic carbocycles. The summed E-state index contributed by atoms with van der Waals surface area (Å²) in [6, 6.07) is 59.9. The van der Waals surface area contributed by atoms with E-state index in [0.29, 0.717) is 0 Å². The molecule has 0 bridgehead atoms. The van der Waals surface area contributed by atoms with E-state index < -0.39 is 0 Å². The minimum atomic E-state index is -0.00427. The van der Waals surface area contributed by atoms with Crippen molar-refractivity contribution in [3.05, 3.63) is 169 Å². The number of rotatable bonds is 3. The molecule has 11 rings (SSSR count). The van der Waals surface area contributed by atoms with E-state index >= 15 is 0 Å². The molecule has 0 heterocycles. The number of benzene rings is 9. The van der Waals surface area contributed by atoms with E-state index in [4.69, 9.17) is 0 Å². The zero-order chi connectivity index (χ0) is 38.1. The second-order valence-corrected chi connectivity index (χ2v) is 18.0. The Morgan fingerprint density at radius 3 is 1.34 bits per heavy atom. The molecule has 0 atom stereocenters. The molecular weight excluding hydrogens is 673 g/mol. The molecule has 0 nitrogen and oxygen atoms in total. The van der Waals surface area contributed by atoms with E-state index in [0.717, 1.165) is 0 Å². The lowest BCUT2D eigenvalue weighted by atomic mass is 9.82. The lowest BCUT2D eigenvalue weighted by Gasteiger charge is -2.22. The summed E-state index contributed by atoms with van der Waals surface area (Å²) in [5.74, 6) is 0. The van der Waals surface area contributed by atoms with Crippen LogP contribution in [0.5, 0.6) is 0 Å². The minimum absolute atomic E-state index is 0.00427. The van der Waals surface area contributed by atoms with Crippen LogP contribution in [0.1, 0.15) is 52.7 Å². The molecule has 0 saturated heterocycles. The second-order valence-electron chi connectivity index (χ2n) is 18.0. The highest BCUT2D eigenvalue weighted by atomic mass is 14.4. The Morgan fingerprint density at radius 1 is 0.268 bits per heavy atom. The van der Waals surface area contributed by atoms with Crippen LogP contribution in [0.25, 0.3) is 110 Å². The fourth-order valence-corrected chi connectivity index (χ4v) is 9.90. The van der Waals surface area contributed by atoms with Crippen molar-refractivity contribution in [1.82, 2.24) is 0 Å². The first-order valence-electron chi connectivity index (χ1n) is 20.1. The number of hydrogen-bond donors (Lipinski definition) is 0. The van der Waals surface area contributed by atoms with Crippen molar-refractivity contribution in [2.45, 2.75) is 52.4 Å². The van der Waals surface area contributed by atoms with Crippen molar-refractivity contribution >= 4 is 32.3 Å². The van der Waals surface area contributed by atoms with Gasteiger partial charge in [0.1, 0.15) is 0 Å². The molecule has 0 fully saturated rings. The van der Waals surface area contributed by atoms with Gasteiger partial charge in [0, 0.05) is 0 Å². The fraction of sp³-hybridized carbons (Fsp3) is 0.143. The fourth-order valence-electron chi connectivity index (χ4n) is 9.90. The van der Waals surface area contributed by atoms with Crippen LogP contribution in [-0.4, -0.2) is 0 Å². The van der Waals surface area contributed by atoms with Gasteiger partial charge in [0.25, 0.3) is 0 Å². The largest absolute Gasteiger partial charge is 0.0622 e. The van der Waals surface area contributed by atoms with Crippen molar-refractivity contribution in [3.8, 4) is 77.9 Å². The molecule has 56 heavy (non-hydrogen) atoms. The molecule has 0 heteroatoms. The van der Waals surface area contributed by atoms with E-state index in [1.54, 1.807) is 0 Å². The molecule has 2 aliphatic rings. The zero-order valence-corrected chi connectivity index (χ0v) is 33.0. The Kier molecular flexibility index (Phi) is 6.88. The summed E-state index contributed by atoms with van der Waals surface area (Å²) < 4.78 is 0. The van der Waals surface area contributed by atoms with Gasteiger partial charge in [-0.15, -0.1) is 0 Å². The minimum Gasteiger partial charge on any atom is -0.0622 e. The predicted octanol–water partition coefficient (Wildman–Crippen LogP) is 16.0. The Balaban J connectivity index is 1.23. The monoisotopic (exact) mass is 716 g/mol. The maximum Gasteiger partial charge on any atom is -0.000741 e. The molecule has 0 radical (unpaired) electrons. The molecule has 9 aromatic rings. The molecule has 0 saturated carbocycles. The molecule has 0 amide bonds. The first kappa shape index (κ1) is 33.1. The Hall–Kier alpha value is -6.24. The molecule has 0 aromatic heterocycles. The predicted molar refractivity (Wildman–Crippen MR) is 242 cm³/mol. The van der Waals surface area contributed by atoms with Crippen LogP contribution >= 0.6 is 0 Å². The molecule has 0 aliphatic heterocycles. The van der Waals surface area contributed by atoms with Crippen LogP contribution in [0.3, 0.4) is 0 Å². The topological polar surface area (TPSA) is 0 Å². The first-order valence-corrected chi connectivity index (χ1v) is 20.1. The van der Waals surface area contributed by atoms with Crippen LogP contribution in [0.4, 0.5) is 0 Å². The lowest BCUT2D eigenvalue weighted by Crippen LogP contribution is -2.11. The van der Waals surface area contributed by atoms with Gasteiger partial charge in [-0.2, -0.15) is 0 Å². The third-order valence-corrected chi connectivity index (χ3v) is 12.7. The SMILES string of the molecule is CC(C)(C)c1ccc2c(c1)-c1cc(C(C)(C)C)cc3c(-c4ccc5c6c(cccc46)-c4c-5c(-c5ccccc5)c5ccccc5c4-c4ccccc4)ccc-2c13. The summed E-state index contributed by atoms with van der Waals surface area (Å²) in [6.45, 7) is 14.0. The third kappa shape index (κ3) is 4.66. The second kappa shape index (κ2) is 11.6. The Morgan fingerprint density at radius 2 is 0.732 bits per heavy atom. The number of hydrogen-bond acceptors (Lipinski definition) is 0. The standard InChI is InChI=1S/C56H44/c1-55(2,3)35-24-25-39-43-28-26-38(47-31-36(56(4,5)6)32-48(52(43)47)46(39)30-35)37-27-29-45-51-40(37)22-15-23-44(51)53-49(33-16-9-7-10-17-33)41-20-13-14-21-42(41)50(54(45)53)34-18-11-8-12-19-34/h7-32H,1-6H3. The van der Waals surface area contributed by atoms with Crippen molar-refractivity contribution in [2.75, 3.05) is 0 Å². The van der Waals surface area contributed by atoms with Crippen LogP contribution in [0.15, 0.2) is 158 Å². The summed E-state index contributed by atoms with van der Waals surface area (Å²) >= 11 is 0. The highest BCUT2D eigenvalue weighted by Gasteiger charge is 2.33. The van der Waals surface area contributed by atoms with Crippen molar-refractivity contribution < 1.29 is 0 Å². The summed E-state index contributed by atoms with van der Waals surface area (Å²) in [4.78, 5) is 0. The van der Waals surface area contributed by atoms with Gasteiger partial charge in [-0.3, -0.25) is 0 Å². The van der Waals surface area contributed by atoms with Gasteiger partial charge >= 0.3 is 0 Å². The molecule has 0 N–H and O–H groups in total. The third-order valence-electron chi connectivity index (χ3n) is 12.7. The zero-order valence-electron chi connectivity index (χ0n) is 33.0. The van der Waals surface area contributed by atoms with Gasteiger partial charge in [-0.1, -0.05) is 181 Å². The van der Waals surface area contributed by atoms with Crippen LogP contribution in [0.2, 0.25) is 0 Å². The van der Waals surface area contributed by atoms with E-state index in [-0.39, 0.29) is 10.8 Å². The van der Waals surface area contributed by atoms with E-state index in [2.05, 4.69) is 199 Å². The van der Waals surface area contributed by atoms with Gasteiger partial charge in [-0.25, -0.2) is 0 Å². The van der Waals surface area contributed by atoms with E-state index in [9.17, 15) is 0 Å². The average Bonchev–Trinajstić information content (AvgIpc) is 3.71. The smallest absolute Gasteiger partial charge is 0.000741 e. The molecule has 0 spiro atoms. The van der Waals surface area contributed by atoms with Gasteiger partial charge in [-0.05, 0) is 150 Å². The van der Waals surface area contributed by atoms with E-state index in [1.165, 1.54) is 121 Å². The molecule has 0 unspecified atom stereocenters. The van der Waals surface area contributed by atoms with Gasteiger partial charge in [0.15, 0.2) is 0 Å². The van der Waals surface area contributed by atoms with Gasteiger partial charge in [0.2, 0.25) is 0 Å². The molecule has 2 aliphatic carbocycles. The normalized spacial score (nSPS) is 12.8. The van der Waals surface area contributed by atoms with Crippen LogP contribution in [0, 0.1) is 0 Å². The Labute approximate surface area is 330 Å². The molecule has 268 valence electrons. The quantitative estimate of drug-likeness (QED) is 0.171. The van der Waals surface area contributed by atoms with Crippen LogP contribution < -0.4 is 0 Å². The maximum absolute atomic E-state index is 2.50. The summed E-state index contributed by atoms with van der Waals surface area (Å²) in [7, 11) is 0. The maximum atomic E-state index is 2.50. The molecular formula is C56H44. The summed E-state index contributed by atoms with van der Waals surface area (Å²) in [5, 5.41) is 7.96. The van der Waals surface area contributed by atoms with Crippen molar-refractivity contribution in [3.63, 3.8) is 0 Å². The summed E-state index contributed by atoms with van der Waals surface area (Å²) in [5.41, 5.74) is 21.3. The van der Waals surface area contributed by atoms with Crippen LogP contribution in [-0.2, 0) is 10.8 Å².